The Kier molecular flexibility index (Phi) is 5.55. The van der Waals surface area contributed by atoms with Crippen LogP contribution in [0.2, 0.25) is 0 Å². The van der Waals surface area contributed by atoms with Gasteiger partial charge in [0.05, 0.1) is 25.6 Å². The van der Waals surface area contributed by atoms with Crippen molar-refractivity contribution in [3.8, 4) is 0 Å². The predicted octanol–water partition coefficient (Wildman–Crippen LogP) is 0.184. The number of hydrazine groups is 1. The quantitative estimate of drug-likeness (QED) is 0.361. The number of hydrogen-bond acceptors (Lipinski definition) is 5. The third-order valence-corrected chi connectivity index (χ3v) is 2.75. The fraction of sp³-hybridized carbons (Fsp3) is 0.154. The molecule has 0 aliphatic rings. The van der Waals surface area contributed by atoms with Gasteiger partial charge in [-0.15, -0.1) is 0 Å². The summed E-state index contributed by atoms with van der Waals surface area (Å²) in [5.41, 5.74) is 4.59. The van der Waals surface area contributed by atoms with Gasteiger partial charge in [0.1, 0.15) is 11.5 Å². The van der Waals surface area contributed by atoms with Gasteiger partial charge >= 0.3 is 11.8 Å². The van der Waals surface area contributed by atoms with Gasteiger partial charge in [0.25, 0.3) is 0 Å². The van der Waals surface area contributed by atoms with E-state index in [1.165, 1.54) is 6.26 Å². The van der Waals surface area contributed by atoms with Crippen LogP contribution < -0.4 is 21.5 Å². The van der Waals surface area contributed by atoms with Crippen LogP contribution in [-0.2, 0) is 22.7 Å². The van der Waals surface area contributed by atoms with Gasteiger partial charge in [-0.25, -0.2) is 0 Å². The van der Waals surface area contributed by atoms with Crippen LogP contribution in [0.15, 0.2) is 45.6 Å². The molecular weight excluding hydrogens is 308 g/mol. The molecule has 2 heterocycles. The minimum Gasteiger partial charge on any atom is -0.467 e. The SMILES string of the molecule is O=C(NCc1ccco1)C(=O)NNC(=S)NCc1ccco1. The summed E-state index contributed by atoms with van der Waals surface area (Å²) in [6.07, 6.45) is 3.02. The molecule has 2 rings (SSSR count). The van der Waals surface area contributed by atoms with E-state index in [0.717, 1.165) is 0 Å². The Balaban J connectivity index is 1.63. The standard InChI is InChI=1S/C13H14N4O4S/c18-11(14-7-9-3-1-5-20-9)12(19)16-17-13(22)15-8-10-4-2-6-21-10/h1-6H,7-8H2,(H,14,18)(H,16,19)(H2,15,17,22). The third-order valence-electron chi connectivity index (χ3n) is 2.50. The smallest absolute Gasteiger partial charge is 0.327 e. The second kappa shape index (κ2) is 7.84. The number of carbonyl (C=O) groups is 2. The van der Waals surface area contributed by atoms with E-state index in [0.29, 0.717) is 18.1 Å². The van der Waals surface area contributed by atoms with Crippen molar-refractivity contribution >= 4 is 29.1 Å². The number of furan rings is 2. The maximum Gasteiger partial charge on any atom is 0.327 e. The van der Waals surface area contributed by atoms with Gasteiger partial charge in [-0.1, -0.05) is 0 Å². The molecular formula is C13H14N4O4S. The molecule has 0 aliphatic heterocycles. The molecule has 0 aliphatic carbocycles. The molecule has 9 heteroatoms. The van der Waals surface area contributed by atoms with E-state index in [1.54, 1.807) is 30.5 Å². The average Bonchev–Trinajstić information content (AvgIpc) is 3.20. The van der Waals surface area contributed by atoms with E-state index < -0.39 is 11.8 Å². The summed E-state index contributed by atoms with van der Waals surface area (Å²) in [5, 5.41) is 5.35. The molecule has 2 aromatic rings. The van der Waals surface area contributed by atoms with Crippen molar-refractivity contribution in [3.05, 3.63) is 48.3 Å². The average molecular weight is 322 g/mol. The molecule has 0 fully saturated rings. The topological polar surface area (TPSA) is 109 Å². The summed E-state index contributed by atoms with van der Waals surface area (Å²) in [6.45, 7) is 0.486. The summed E-state index contributed by atoms with van der Waals surface area (Å²) in [5.74, 6) is -0.442. The van der Waals surface area contributed by atoms with Crippen molar-refractivity contribution in [3.63, 3.8) is 0 Å². The normalized spacial score (nSPS) is 9.82. The largest absolute Gasteiger partial charge is 0.467 e. The molecule has 0 radical (unpaired) electrons. The van der Waals surface area contributed by atoms with E-state index in [2.05, 4.69) is 21.5 Å². The maximum absolute atomic E-state index is 11.5. The van der Waals surface area contributed by atoms with Gasteiger partial charge in [-0.2, -0.15) is 0 Å². The Morgan fingerprint density at radius 2 is 1.50 bits per heavy atom. The minimum absolute atomic E-state index is 0.125. The first-order valence-corrected chi connectivity index (χ1v) is 6.73. The molecule has 4 N–H and O–H groups in total. The number of carbonyl (C=O) groups excluding carboxylic acids is 2. The van der Waals surface area contributed by atoms with Crippen molar-refractivity contribution in [2.45, 2.75) is 13.1 Å². The Labute approximate surface area is 131 Å². The number of rotatable bonds is 4. The van der Waals surface area contributed by atoms with E-state index in [4.69, 9.17) is 21.1 Å². The van der Waals surface area contributed by atoms with Gasteiger partial charge in [0.15, 0.2) is 5.11 Å². The van der Waals surface area contributed by atoms with E-state index in [-0.39, 0.29) is 11.7 Å². The highest BCUT2D eigenvalue weighted by molar-refractivity contribution is 7.80. The first-order chi connectivity index (χ1) is 10.6. The van der Waals surface area contributed by atoms with Crippen LogP contribution in [0, 0.1) is 0 Å². The highest BCUT2D eigenvalue weighted by atomic mass is 32.1. The van der Waals surface area contributed by atoms with Crippen molar-refractivity contribution < 1.29 is 18.4 Å². The summed E-state index contributed by atoms with van der Waals surface area (Å²) < 4.78 is 10.1. The van der Waals surface area contributed by atoms with Gasteiger partial charge in [0, 0.05) is 0 Å². The van der Waals surface area contributed by atoms with Gasteiger partial charge < -0.3 is 19.5 Å². The summed E-state index contributed by atoms with van der Waals surface area (Å²) in [4.78, 5) is 23.0. The predicted molar refractivity (Wildman–Crippen MR) is 80.0 cm³/mol. The highest BCUT2D eigenvalue weighted by Crippen LogP contribution is 1.98. The lowest BCUT2D eigenvalue weighted by Crippen LogP contribution is -2.51. The van der Waals surface area contributed by atoms with Crippen LogP contribution in [0.25, 0.3) is 0 Å². The van der Waals surface area contributed by atoms with E-state index in [1.807, 2.05) is 0 Å². The minimum atomic E-state index is -0.867. The van der Waals surface area contributed by atoms with Gasteiger partial charge in [-0.05, 0) is 36.5 Å². The number of hydrogen-bond donors (Lipinski definition) is 4. The Morgan fingerprint density at radius 3 is 2.05 bits per heavy atom. The molecule has 2 amide bonds. The lowest BCUT2D eigenvalue weighted by Gasteiger charge is -2.10. The zero-order valence-electron chi connectivity index (χ0n) is 11.4. The fourth-order valence-electron chi connectivity index (χ4n) is 1.46. The summed E-state index contributed by atoms with van der Waals surface area (Å²) in [7, 11) is 0. The van der Waals surface area contributed by atoms with E-state index >= 15 is 0 Å². The number of nitrogens with one attached hydrogen (secondary N) is 4. The fourth-order valence-corrected chi connectivity index (χ4v) is 1.58. The monoisotopic (exact) mass is 322 g/mol. The van der Waals surface area contributed by atoms with Crippen LogP contribution in [0.5, 0.6) is 0 Å². The number of thiocarbonyl (C=S) groups is 1. The molecule has 22 heavy (non-hydrogen) atoms. The molecule has 116 valence electrons. The van der Waals surface area contributed by atoms with Crippen LogP contribution in [-0.4, -0.2) is 16.9 Å². The van der Waals surface area contributed by atoms with E-state index in [9.17, 15) is 9.59 Å². The Bertz CT molecular complexity index is 625. The molecule has 2 aromatic heterocycles. The molecule has 0 bridgehead atoms. The van der Waals surface area contributed by atoms with Crippen LogP contribution in [0.3, 0.4) is 0 Å². The lowest BCUT2D eigenvalue weighted by molar-refractivity contribution is -0.139. The first-order valence-electron chi connectivity index (χ1n) is 6.32. The molecule has 0 spiro atoms. The lowest BCUT2D eigenvalue weighted by atomic mass is 10.4. The second-order valence-corrected chi connectivity index (χ2v) is 4.51. The second-order valence-electron chi connectivity index (χ2n) is 4.10. The molecule has 0 saturated carbocycles. The van der Waals surface area contributed by atoms with Crippen molar-refractivity contribution in [2.24, 2.45) is 0 Å². The molecule has 0 atom stereocenters. The molecule has 0 saturated heterocycles. The maximum atomic E-state index is 11.5. The summed E-state index contributed by atoms with van der Waals surface area (Å²) in [6, 6.07) is 6.89. The van der Waals surface area contributed by atoms with Crippen LogP contribution >= 0.6 is 12.2 Å². The van der Waals surface area contributed by atoms with Crippen molar-refractivity contribution in [2.75, 3.05) is 0 Å². The third kappa shape index (κ3) is 4.94. The first kappa shape index (κ1) is 15.6. The number of amides is 2. The van der Waals surface area contributed by atoms with Crippen molar-refractivity contribution in [1.82, 2.24) is 21.5 Å². The Morgan fingerprint density at radius 1 is 0.909 bits per heavy atom. The zero-order valence-corrected chi connectivity index (χ0v) is 12.2. The van der Waals surface area contributed by atoms with Gasteiger partial charge in [0.2, 0.25) is 0 Å². The molecule has 8 nitrogen and oxygen atoms in total. The van der Waals surface area contributed by atoms with Crippen LogP contribution in [0.4, 0.5) is 0 Å². The summed E-state index contributed by atoms with van der Waals surface area (Å²) >= 11 is 4.94. The van der Waals surface area contributed by atoms with Gasteiger partial charge in [-0.3, -0.25) is 20.4 Å². The molecule has 0 aromatic carbocycles. The highest BCUT2D eigenvalue weighted by Gasteiger charge is 2.13. The Hall–Kier alpha value is -2.81. The zero-order chi connectivity index (χ0) is 15.8. The van der Waals surface area contributed by atoms with Crippen molar-refractivity contribution in [1.29, 1.82) is 0 Å². The molecule has 0 unspecified atom stereocenters. The van der Waals surface area contributed by atoms with Crippen LogP contribution in [0.1, 0.15) is 11.5 Å².